The third-order valence-electron chi connectivity index (χ3n) is 3.55. The lowest BCUT2D eigenvalue weighted by Gasteiger charge is -2.27. The Morgan fingerprint density at radius 3 is 2.33 bits per heavy atom. The molecule has 0 atom stereocenters. The van der Waals surface area contributed by atoms with E-state index in [1.165, 1.54) is 18.2 Å². The van der Waals surface area contributed by atoms with Crippen LogP contribution >= 0.6 is 23.2 Å². The predicted molar refractivity (Wildman–Crippen MR) is 102 cm³/mol. The van der Waals surface area contributed by atoms with Gasteiger partial charge in [-0.25, -0.2) is 4.98 Å². The molecule has 0 unspecified atom stereocenters. The predicted octanol–water partition coefficient (Wildman–Crippen LogP) is 2.26. The van der Waals surface area contributed by atoms with Crippen molar-refractivity contribution in [3.63, 3.8) is 0 Å². The number of aromatic nitrogens is 1. The number of hydrogen-bond donors (Lipinski definition) is 2. The zero-order valence-corrected chi connectivity index (χ0v) is 16.3. The maximum Gasteiger partial charge on any atom is 0.296 e. The van der Waals surface area contributed by atoms with Crippen LogP contribution < -0.4 is 10.6 Å². The summed E-state index contributed by atoms with van der Waals surface area (Å²) in [5.74, 6) is 0.141. The van der Waals surface area contributed by atoms with Crippen LogP contribution in [0.4, 0.5) is 5.82 Å². The van der Waals surface area contributed by atoms with Crippen molar-refractivity contribution >= 4 is 45.0 Å². The van der Waals surface area contributed by atoms with E-state index in [4.69, 9.17) is 38.2 Å². The van der Waals surface area contributed by atoms with Crippen LogP contribution in [-0.4, -0.2) is 50.2 Å². The summed E-state index contributed by atoms with van der Waals surface area (Å²) in [5.41, 5.74) is 5.29. The Morgan fingerprint density at radius 2 is 1.85 bits per heavy atom. The number of rotatable bonds is 3. The number of nitrogens with zero attached hydrogens (tertiary/aromatic N) is 2. The molecule has 0 bridgehead atoms. The Kier molecular flexibility index (Phi) is 7.40. The highest BCUT2D eigenvalue weighted by Crippen LogP contribution is 2.20. The number of primary amides is 1. The molecule has 3 rings (SSSR count). The zero-order chi connectivity index (χ0) is 20.0. The maximum atomic E-state index is 10.8. The minimum absolute atomic E-state index is 0.190. The van der Waals surface area contributed by atoms with E-state index in [0.717, 1.165) is 19.3 Å². The molecule has 146 valence electrons. The van der Waals surface area contributed by atoms with E-state index in [2.05, 4.69) is 4.98 Å². The third-order valence-corrected chi connectivity index (χ3v) is 4.94. The maximum absolute atomic E-state index is 10.8. The standard InChI is InChI=1S/C9H12N2O4S.C7H5Cl2NO/c12-16(13,14)8-1-2-9(10-7-8)11-3-5-15-6-4-11;8-4-1-2-5(7(10)11)6(9)3-4/h1-2,7H,3-6H2,(H,12,13,14);1-3H,(H2,10,11). The lowest BCUT2D eigenvalue weighted by molar-refractivity contribution is 0.100. The molecule has 1 aliphatic rings. The number of benzene rings is 1. The highest BCUT2D eigenvalue weighted by molar-refractivity contribution is 7.85. The van der Waals surface area contributed by atoms with Gasteiger partial charge in [0.1, 0.15) is 10.7 Å². The van der Waals surface area contributed by atoms with Gasteiger partial charge in [0, 0.05) is 18.1 Å². The summed E-state index contributed by atoms with van der Waals surface area (Å²) in [6.07, 6.45) is 1.15. The number of hydrogen-bond acceptors (Lipinski definition) is 6. The number of carbonyl (C=O) groups excluding carboxylic acids is 1. The van der Waals surface area contributed by atoms with Gasteiger partial charge in [0.15, 0.2) is 0 Å². The second-order valence-electron chi connectivity index (χ2n) is 5.42. The molecular formula is C16H17Cl2N3O5S. The molecular weight excluding hydrogens is 417 g/mol. The van der Waals surface area contributed by atoms with Crippen LogP contribution in [0.25, 0.3) is 0 Å². The van der Waals surface area contributed by atoms with Gasteiger partial charge in [0.25, 0.3) is 10.1 Å². The van der Waals surface area contributed by atoms with Crippen molar-refractivity contribution in [3.8, 4) is 0 Å². The van der Waals surface area contributed by atoms with E-state index >= 15 is 0 Å². The van der Waals surface area contributed by atoms with Gasteiger partial charge in [-0.05, 0) is 30.3 Å². The smallest absolute Gasteiger partial charge is 0.296 e. The lowest BCUT2D eigenvalue weighted by atomic mass is 10.2. The molecule has 2 heterocycles. The highest BCUT2D eigenvalue weighted by Gasteiger charge is 2.14. The van der Waals surface area contributed by atoms with Crippen molar-refractivity contribution in [1.29, 1.82) is 0 Å². The minimum atomic E-state index is -4.16. The largest absolute Gasteiger partial charge is 0.378 e. The normalized spacial score (nSPS) is 14.3. The second kappa shape index (κ2) is 9.34. The van der Waals surface area contributed by atoms with E-state index in [1.807, 2.05) is 4.90 Å². The first kappa shape index (κ1) is 21.4. The molecule has 27 heavy (non-hydrogen) atoms. The van der Waals surface area contributed by atoms with Crippen molar-refractivity contribution in [2.45, 2.75) is 4.90 Å². The van der Waals surface area contributed by atoms with Crippen molar-refractivity contribution in [3.05, 3.63) is 52.1 Å². The van der Waals surface area contributed by atoms with Crippen LogP contribution in [-0.2, 0) is 14.9 Å². The molecule has 11 heteroatoms. The van der Waals surface area contributed by atoms with E-state index in [9.17, 15) is 13.2 Å². The average molecular weight is 434 g/mol. The summed E-state index contributed by atoms with van der Waals surface area (Å²) in [6.45, 7) is 2.75. The molecule has 1 fully saturated rings. The second-order valence-corrected chi connectivity index (χ2v) is 7.68. The Balaban J connectivity index is 0.000000208. The average Bonchev–Trinajstić information content (AvgIpc) is 2.62. The number of amides is 1. The number of pyridine rings is 1. The highest BCUT2D eigenvalue weighted by atomic mass is 35.5. The van der Waals surface area contributed by atoms with Gasteiger partial charge in [0.2, 0.25) is 5.91 Å². The van der Waals surface area contributed by atoms with Crippen molar-refractivity contribution in [2.24, 2.45) is 5.73 Å². The molecule has 3 N–H and O–H groups in total. The molecule has 1 aromatic heterocycles. The van der Waals surface area contributed by atoms with Crippen LogP contribution in [0.1, 0.15) is 10.4 Å². The fraction of sp³-hybridized carbons (Fsp3) is 0.250. The van der Waals surface area contributed by atoms with Crippen LogP contribution in [0, 0.1) is 0 Å². The number of ether oxygens (including phenoxy) is 1. The first-order chi connectivity index (χ1) is 12.7. The Bertz CT molecular complexity index is 901. The van der Waals surface area contributed by atoms with Crippen molar-refractivity contribution in [1.82, 2.24) is 4.98 Å². The summed E-state index contributed by atoms with van der Waals surface area (Å²) in [6, 6.07) is 7.45. The van der Waals surface area contributed by atoms with E-state index in [0.29, 0.717) is 24.1 Å². The van der Waals surface area contributed by atoms with Gasteiger partial charge in [0.05, 0.1) is 30.0 Å². The Labute approximate surface area is 166 Å². The summed E-state index contributed by atoms with van der Waals surface area (Å²) in [5, 5.41) is 0.769. The quantitative estimate of drug-likeness (QED) is 0.711. The van der Waals surface area contributed by atoms with Gasteiger partial charge in [-0.2, -0.15) is 8.42 Å². The van der Waals surface area contributed by atoms with Gasteiger partial charge in [-0.3, -0.25) is 9.35 Å². The van der Waals surface area contributed by atoms with Gasteiger partial charge in [-0.1, -0.05) is 23.2 Å². The molecule has 1 aliphatic heterocycles. The molecule has 0 spiro atoms. The minimum Gasteiger partial charge on any atom is -0.378 e. The molecule has 1 saturated heterocycles. The third kappa shape index (κ3) is 6.33. The Hall–Kier alpha value is -1.91. The number of morpholine rings is 1. The number of carbonyl (C=O) groups is 1. The number of halogens is 2. The lowest BCUT2D eigenvalue weighted by Crippen LogP contribution is -2.36. The zero-order valence-electron chi connectivity index (χ0n) is 14.0. The summed E-state index contributed by atoms with van der Waals surface area (Å²) >= 11 is 11.2. The van der Waals surface area contributed by atoms with Gasteiger partial charge < -0.3 is 15.4 Å². The SMILES string of the molecule is NC(=O)c1ccc(Cl)cc1Cl.O=S(=O)(O)c1ccc(N2CCOCC2)nc1. The molecule has 1 aromatic carbocycles. The van der Waals surface area contributed by atoms with Gasteiger partial charge >= 0.3 is 0 Å². The molecule has 1 amide bonds. The van der Waals surface area contributed by atoms with Crippen molar-refractivity contribution < 1.29 is 22.5 Å². The molecule has 8 nitrogen and oxygen atoms in total. The van der Waals surface area contributed by atoms with Crippen LogP contribution in [0.5, 0.6) is 0 Å². The van der Waals surface area contributed by atoms with E-state index in [-0.39, 0.29) is 15.5 Å². The van der Waals surface area contributed by atoms with E-state index < -0.39 is 16.0 Å². The van der Waals surface area contributed by atoms with Crippen LogP contribution in [0.3, 0.4) is 0 Å². The summed E-state index contributed by atoms with van der Waals surface area (Å²) < 4.78 is 35.6. The number of anilines is 1. The van der Waals surface area contributed by atoms with Gasteiger partial charge in [-0.15, -0.1) is 0 Å². The fourth-order valence-electron chi connectivity index (χ4n) is 2.19. The first-order valence-corrected chi connectivity index (χ1v) is 9.89. The molecule has 0 aliphatic carbocycles. The summed E-state index contributed by atoms with van der Waals surface area (Å²) in [7, 11) is -4.16. The topological polar surface area (TPSA) is 123 Å². The molecule has 0 saturated carbocycles. The molecule has 2 aromatic rings. The monoisotopic (exact) mass is 433 g/mol. The Morgan fingerprint density at radius 1 is 1.19 bits per heavy atom. The number of nitrogens with two attached hydrogens (primary N) is 1. The van der Waals surface area contributed by atoms with Crippen LogP contribution in [0.2, 0.25) is 10.0 Å². The fourth-order valence-corrected chi connectivity index (χ4v) is 3.12. The molecule has 0 radical (unpaired) electrons. The summed E-state index contributed by atoms with van der Waals surface area (Å²) in [4.78, 5) is 16.4. The first-order valence-electron chi connectivity index (χ1n) is 7.69. The van der Waals surface area contributed by atoms with Crippen molar-refractivity contribution in [2.75, 3.05) is 31.2 Å². The van der Waals surface area contributed by atoms with Crippen LogP contribution in [0.15, 0.2) is 41.4 Å². The van der Waals surface area contributed by atoms with E-state index in [1.54, 1.807) is 12.1 Å².